The zero-order valence-corrected chi connectivity index (χ0v) is 13.9. The fourth-order valence-electron chi connectivity index (χ4n) is 2.73. The predicted molar refractivity (Wildman–Crippen MR) is 92.4 cm³/mol. The summed E-state index contributed by atoms with van der Waals surface area (Å²) in [4.78, 5) is 30.3. The average Bonchev–Trinajstić information content (AvgIpc) is 2.61. The molecule has 3 aliphatic rings. The maximum absolute atomic E-state index is 12.3. The number of hydrogen-bond donors (Lipinski definition) is 1. The quantitative estimate of drug-likeness (QED) is 0.671. The van der Waals surface area contributed by atoms with E-state index in [2.05, 4.69) is 10.3 Å². The molecule has 0 unspecified atom stereocenters. The predicted octanol–water partition coefficient (Wildman–Crippen LogP) is 2.35. The Bertz CT molecular complexity index is 981. The Hall–Kier alpha value is -2.64. The molecule has 25 heavy (non-hydrogen) atoms. The molecule has 1 aromatic rings. The van der Waals surface area contributed by atoms with Gasteiger partial charge >= 0.3 is 6.09 Å². The number of fused-ring (bicyclic) bond motifs is 2. The first-order chi connectivity index (χ1) is 12.1. The lowest BCUT2D eigenvalue weighted by Gasteiger charge is -2.26. The number of benzene rings is 2. The number of rotatable bonds is 1. The largest absolute Gasteiger partial charge is 0.453 e. The van der Waals surface area contributed by atoms with Gasteiger partial charge in [-0.1, -0.05) is 11.6 Å². The van der Waals surface area contributed by atoms with Crippen molar-refractivity contribution in [3.8, 4) is 17.2 Å². The van der Waals surface area contributed by atoms with Gasteiger partial charge in [-0.2, -0.15) is 0 Å². The third-order valence-corrected chi connectivity index (χ3v) is 4.19. The maximum atomic E-state index is 12.3. The highest BCUT2D eigenvalue weighted by molar-refractivity contribution is 6.31. The fraction of sp³-hybridized carbons (Fsp3) is 0.235. The first kappa shape index (κ1) is 15.9. The van der Waals surface area contributed by atoms with E-state index in [1.165, 1.54) is 12.1 Å². The van der Waals surface area contributed by atoms with Crippen molar-refractivity contribution < 1.29 is 13.9 Å². The van der Waals surface area contributed by atoms with Crippen LogP contribution in [0, 0.1) is 0 Å². The van der Waals surface area contributed by atoms with Gasteiger partial charge in [0.05, 0.1) is 0 Å². The third-order valence-electron chi connectivity index (χ3n) is 3.96. The van der Waals surface area contributed by atoms with Crippen LogP contribution < -0.4 is 15.5 Å². The van der Waals surface area contributed by atoms with E-state index in [9.17, 15) is 9.59 Å². The van der Waals surface area contributed by atoms with Crippen molar-refractivity contribution in [1.29, 1.82) is 0 Å². The summed E-state index contributed by atoms with van der Waals surface area (Å²) in [6.45, 7) is 2.50. The van der Waals surface area contributed by atoms with E-state index in [1.54, 1.807) is 23.1 Å². The molecule has 1 aliphatic carbocycles. The molecule has 0 atom stereocenters. The van der Waals surface area contributed by atoms with Crippen molar-refractivity contribution in [1.82, 2.24) is 15.2 Å². The van der Waals surface area contributed by atoms with E-state index in [0.717, 1.165) is 0 Å². The van der Waals surface area contributed by atoms with E-state index in [-0.39, 0.29) is 16.9 Å². The number of aromatic nitrogens is 1. The molecule has 1 aromatic carbocycles. The normalized spacial score (nSPS) is 14.8. The highest BCUT2D eigenvalue weighted by atomic mass is 35.5. The number of ether oxygens (including phenoxy) is 1. The van der Waals surface area contributed by atoms with Crippen LogP contribution in [0.2, 0.25) is 5.02 Å². The van der Waals surface area contributed by atoms with Gasteiger partial charge in [-0.3, -0.25) is 4.79 Å². The molecule has 0 radical (unpaired) electrons. The molecule has 8 heteroatoms. The number of hydrogen-bond acceptors (Lipinski definition) is 6. The van der Waals surface area contributed by atoms with Gasteiger partial charge in [0, 0.05) is 43.3 Å². The van der Waals surface area contributed by atoms with Gasteiger partial charge in [-0.05, 0) is 18.2 Å². The Balaban J connectivity index is 1.77. The summed E-state index contributed by atoms with van der Waals surface area (Å²) >= 11 is 5.99. The molecule has 1 saturated heterocycles. The summed E-state index contributed by atoms with van der Waals surface area (Å²) in [5.74, 6) is 0.335. The second-order valence-electron chi connectivity index (χ2n) is 5.70. The SMILES string of the molecule is O=C(Oc1cc(=O)cc2oc3ccc(Cl)cc3nc1-2)N1CCNCC1. The van der Waals surface area contributed by atoms with Crippen LogP contribution in [0.3, 0.4) is 0 Å². The van der Waals surface area contributed by atoms with Crippen molar-refractivity contribution >= 4 is 28.8 Å². The molecular weight excluding hydrogens is 346 g/mol. The average molecular weight is 360 g/mol. The molecule has 0 bridgehead atoms. The summed E-state index contributed by atoms with van der Waals surface area (Å²) in [5.41, 5.74) is 0.979. The van der Waals surface area contributed by atoms with Crippen LogP contribution in [-0.2, 0) is 0 Å². The molecule has 0 saturated carbocycles. The lowest BCUT2D eigenvalue weighted by molar-refractivity contribution is 0.146. The monoisotopic (exact) mass is 359 g/mol. The Morgan fingerprint density at radius 1 is 1.24 bits per heavy atom. The van der Waals surface area contributed by atoms with Gasteiger partial charge in [-0.25, -0.2) is 9.78 Å². The smallest absolute Gasteiger partial charge is 0.415 e. The van der Waals surface area contributed by atoms with Crippen LogP contribution >= 0.6 is 11.6 Å². The summed E-state index contributed by atoms with van der Waals surface area (Å²) in [7, 11) is 0. The minimum absolute atomic E-state index is 0.0802. The lowest BCUT2D eigenvalue weighted by atomic mass is 10.2. The summed E-state index contributed by atoms with van der Waals surface area (Å²) < 4.78 is 11.1. The molecule has 128 valence electrons. The first-order valence-electron chi connectivity index (χ1n) is 7.82. The van der Waals surface area contributed by atoms with Crippen LogP contribution in [0.25, 0.3) is 22.6 Å². The van der Waals surface area contributed by atoms with E-state index in [0.29, 0.717) is 48.0 Å². The number of piperazine rings is 1. The molecule has 4 rings (SSSR count). The summed E-state index contributed by atoms with van der Waals surface area (Å²) in [5, 5.41) is 3.67. The summed E-state index contributed by atoms with van der Waals surface area (Å²) in [6.07, 6.45) is -0.513. The van der Waals surface area contributed by atoms with E-state index in [1.807, 2.05) is 0 Å². The number of nitrogens with zero attached hydrogens (tertiary/aromatic N) is 2. The van der Waals surface area contributed by atoms with E-state index >= 15 is 0 Å². The van der Waals surface area contributed by atoms with Crippen molar-refractivity contribution in [3.63, 3.8) is 0 Å². The third kappa shape index (κ3) is 3.16. The van der Waals surface area contributed by atoms with Crippen molar-refractivity contribution in [2.75, 3.05) is 26.2 Å². The topological polar surface area (TPSA) is 84.7 Å². The van der Waals surface area contributed by atoms with Crippen LogP contribution in [0.1, 0.15) is 0 Å². The Morgan fingerprint density at radius 3 is 2.84 bits per heavy atom. The van der Waals surface area contributed by atoms with Gasteiger partial charge in [0.1, 0.15) is 11.2 Å². The van der Waals surface area contributed by atoms with Gasteiger partial charge in [0.15, 0.2) is 22.5 Å². The number of amides is 1. The number of carbonyl (C=O) groups is 1. The van der Waals surface area contributed by atoms with Gasteiger partial charge in [0.2, 0.25) is 0 Å². The van der Waals surface area contributed by atoms with Crippen molar-refractivity contribution in [3.05, 3.63) is 45.6 Å². The van der Waals surface area contributed by atoms with Crippen molar-refractivity contribution in [2.24, 2.45) is 0 Å². The Labute approximate surface area is 147 Å². The van der Waals surface area contributed by atoms with E-state index < -0.39 is 6.09 Å². The van der Waals surface area contributed by atoms with Crippen LogP contribution in [-0.4, -0.2) is 42.2 Å². The fourth-order valence-corrected chi connectivity index (χ4v) is 2.90. The van der Waals surface area contributed by atoms with Gasteiger partial charge in [0.25, 0.3) is 0 Å². The molecule has 2 heterocycles. The minimum atomic E-state index is -0.513. The summed E-state index contributed by atoms with van der Waals surface area (Å²) in [6, 6.07) is 7.55. The molecule has 0 aromatic heterocycles. The minimum Gasteiger partial charge on any atom is -0.453 e. The van der Waals surface area contributed by atoms with Gasteiger partial charge < -0.3 is 19.4 Å². The molecular formula is C17H14ClN3O4. The molecule has 1 N–H and O–H groups in total. The molecule has 2 aliphatic heterocycles. The molecule has 7 nitrogen and oxygen atoms in total. The second-order valence-corrected chi connectivity index (χ2v) is 6.14. The van der Waals surface area contributed by atoms with Crippen molar-refractivity contribution in [2.45, 2.75) is 0 Å². The Kier molecular flexibility index (Phi) is 4.03. The van der Waals surface area contributed by atoms with Crippen LogP contribution in [0.5, 0.6) is 5.75 Å². The highest BCUT2D eigenvalue weighted by Crippen LogP contribution is 2.32. The van der Waals surface area contributed by atoms with Crippen LogP contribution in [0.15, 0.2) is 39.5 Å². The lowest BCUT2D eigenvalue weighted by Crippen LogP contribution is -2.47. The standard InChI is InChI=1S/C17H14ClN3O4/c18-10-1-2-13-12(7-10)20-16-14(24-13)8-11(22)9-15(16)25-17(23)21-5-3-19-4-6-21/h1-2,7-9,19H,3-6H2. The van der Waals surface area contributed by atoms with E-state index in [4.69, 9.17) is 20.8 Å². The molecule has 0 spiro atoms. The number of halogens is 1. The number of nitrogens with one attached hydrogen (secondary N) is 1. The molecule has 1 amide bonds. The first-order valence-corrected chi connectivity index (χ1v) is 8.19. The molecule has 1 fully saturated rings. The van der Waals surface area contributed by atoms with Crippen LogP contribution in [0.4, 0.5) is 4.79 Å². The highest BCUT2D eigenvalue weighted by Gasteiger charge is 2.23. The maximum Gasteiger partial charge on any atom is 0.415 e. The zero-order chi connectivity index (χ0) is 17.4. The Morgan fingerprint density at radius 2 is 2.04 bits per heavy atom. The zero-order valence-electron chi connectivity index (χ0n) is 13.1. The second kappa shape index (κ2) is 6.34. The number of carbonyl (C=O) groups excluding carboxylic acids is 1. The van der Waals surface area contributed by atoms with Gasteiger partial charge in [-0.15, -0.1) is 0 Å².